The lowest BCUT2D eigenvalue weighted by Gasteiger charge is -2.09. The summed E-state index contributed by atoms with van der Waals surface area (Å²) in [6.45, 7) is 1.91. The number of methoxy groups -OCH3 is 1. The summed E-state index contributed by atoms with van der Waals surface area (Å²) in [5, 5.41) is 7.14. The molecule has 94 valence electrons. The molecule has 1 saturated carbocycles. The lowest BCUT2D eigenvalue weighted by molar-refractivity contribution is -0.140. The van der Waals surface area contributed by atoms with Crippen molar-refractivity contribution in [3.05, 3.63) is 10.5 Å². The van der Waals surface area contributed by atoms with Crippen molar-refractivity contribution in [1.29, 1.82) is 0 Å². The second-order valence-corrected chi connectivity index (χ2v) is 5.53. The number of hydrogen-bond donors (Lipinski definition) is 1. The molecule has 1 aromatic rings. The second kappa shape index (κ2) is 4.95. The highest BCUT2D eigenvalue weighted by Crippen LogP contribution is 2.37. The van der Waals surface area contributed by atoms with Gasteiger partial charge in [0.15, 0.2) is 5.16 Å². The Kier molecular flexibility index (Phi) is 3.56. The molecule has 0 radical (unpaired) electrons. The molecule has 0 aliphatic heterocycles. The van der Waals surface area contributed by atoms with E-state index in [0.29, 0.717) is 11.6 Å². The quantitative estimate of drug-likeness (QED) is 0.627. The molecular weight excluding hydrogens is 242 g/mol. The maximum atomic E-state index is 11.5. The van der Waals surface area contributed by atoms with Crippen LogP contribution in [-0.2, 0) is 9.53 Å². The minimum absolute atomic E-state index is 0.0372. The smallest absolute Gasteiger partial charge is 0.344 e. The first-order valence-corrected chi connectivity index (χ1v) is 6.40. The third-order valence-corrected chi connectivity index (χ3v) is 3.64. The molecule has 2 rings (SSSR count). The summed E-state index contributed by atoms with van der Waals surface area (Å²) in [6.07, 6.45) is 2.36. The minimum Gasteiger partial charge on any atom is -0.469 e. The number of aromatic amines is 1. The molecule has 1 aromatic heterocycles. The van der Waals surface area contributed by atoms with Crippen LogP contribution in [-0.4, -0.2) is 33.1 Å². The number of ether oxygens (including phenoxy) is 1. The van der Waals surface area contributed by atoms with Gasteiger partial charge in [-0.25, -0.2) is 9.89 Å². The van der Waals surface area contributed by atoms with Crippen molar-refractivity contribution in [3.8, 4) is 0 Å². The summed E-state index contributed by atoms with van der Waals surface area (Å²) in [6, 6.07) is 0.286. The summed E-state index contributed by atoms with van der Waals surface area (Å²) in [7, 11) is 1.37. The van der Waals surface area contributed by atoms with Crippen LogP contribution in [0.4, 0.5) is 0 Å². The number of rotatable bonds is 5. The van der Waals surface area contributed by atoms with Gasteiger partial charge in [-0.1, -0.05) is 18.7 Å². The van der Waals surface area contributed by atoms with Crippen LogP contribution in [0.15, 0.2) is 9.95 Å². The van der Waals surface area contributed by atoms with Gasteiger partial charge in [0, 0.05) is 11.3 Å². The van der Waals surface area contributed by atoms with Crippen LogP contribution in [0.1, 0.15) is 32.2 Å². The Balaban J connectivity index is 2.03. The zero-order chi connectivity index (χ0) is 12.4. The molecular formula is C10H15N3O3S. The number of hydrogen-bond acceptors (Lipinski definition) is 5. The van der Waals surface area contributed by atoms with E-state index in [4.69, 9.17) is 0 Å². The fourth-order valence-electron chi connectivity index (χ4n) is 1.57. The van der Waals surface area contributed by atoms with Crippen LogP contribution < -0.4 is 5.69 Å². The number of nitrogens with zero attached hydrogens (tertiary/aromatic N) is 2. The Labute approximate surface area is 103 Å². The third-order valence-electron chi connectivity index (χ3n) is 2.57. The van der Waals surface area contributed by atoms with Crippen LogP contribution in [0.2, 0.25) is 0 Å². The zero-order valence-electron chi connectivity index (χ0n) is 9.80. The van der Waals surface area contributed by atoms with E-state index in [1.807, 2.05) is 6.92 Å². The molecule has 1 N–H and O–H groups in total. The molecule has 1 atom stereocenters. The highest BCUT2D eigenvalue weighted by molar-refractivity contribution is 7.99. The van der Waals surface area contributed by atoms with E-state index >= 15 is 0 Å². The molecule has 1 aliphatic rings. The largest absolute Gasteiger partial charge is 0.469 e. The van der Waals surface area contributed by atoms with Crippen LogP contribution in [0.5, 0.6) is 0 Å². The molecule has 0 aromatic carbocycles. The topological polar surface area (TPSA) is 77.0 Å². The lowest BCUT2D eigenvalue weighted by atomic mass is 10.3. The Bertz CT molecular complexity index is 464. The van der Waals surface area contributed by atoms with E-state index in [9.17, 15) is 9.59 Å². The Morgan fingerprint density at radius 2 is 2.41 bits per heavy atom. The van der Waals surface area contributed by atoms with Gasteiger partial charge in [-0.3, -0.25) is 9.36 Å². The van der Waals surface area contributed by atoms with Crippen molar-refractivity contribution in [3.63, 3.8) is 0 Å². The van der Waals surface area contributed by atoms with Crippen molar-refractivity contribution in [2.75, 3.05) is 7.11 Å². The van der Waals surface area contributed by atoms with Gasteiger partial charge in [0.1, 0.15) is 0 Å². The molecule has 0 bridgehead atoms. The van der Waals surface area contributed by atoms with Crippen molar-refractivity contribution >= 4 is 17.7 Å². The molecule has 17 heavy (non-hydrogen) atoms. The van der Waals surface area contributed by atoms with Crippen molar-refractivity contribution in [1.82, 2.24) is 14.8 Å². The van der Waals surface area contributed by atoms with Gasteiger partial charge < -0.3 is 4.74 Å². The monoisotopic (exact) mass is 257 g/mol. The average Bonchev–Trinajstić information content (AvgIpc) is 3.05. The predicted molar refractivity (Wildman–Crippen MR) is 63.1 cm³/mol. The Morgan fingerprint density at radius 3 is 3.00 bits per heavy atom. The van der Waals surface area contributed by atoms with Gasteiger partial charge in [0.25, 0.3) is 0 Å². The number of carbonyl (C=O) groups is 1. The van der Waals surface area contributed by atoms with E-state index in [2.05, 4.69) is 14.9 Å². The number of H-pyrrole nitrogens is 1. The van der Waals surface area contributed by atoms with Gasteiger partial charge in [-0.05, 0) is 12.8 Å². The van der Waals surface area contributed by atoms with Gasteiger partial charge in [-0.15, -0.1) is 5.10 Å². The van der Waals surface area contributed by atoms with Crippen molar-refractivity contribution in [2.45, 2.75) is 42.6 Å². The molecule has 0 spiro atoms. The van der Waals surface area contributed by atoms with Gasteiger partial charge >= 0.3 is 11.7 Å². The number of esters is 1. The Morgan fingerprint density at radius 1 is 1.71 bits per heavy atom. The van der Waals surface area contributed by atoms with Gasteiger partial charge in [0.2, 0.25) is 0 Å². The Hall–Kier alpha value is -1.24. The van der Waals surface area contributed by atoms with Crippen LogP contribution in [0.3, 0.4) is 0 Å². The van der Waals surface area contributed by atoms with Gasteiger partial charge in [0.05, 0.1) is 13.5 Å². The molecule has 0 amide bonds. The molecule has 1 unspecified atom stereocenters. The second-order valence-electron chi connectivity index (χ2n) is 4.12. The van der Waals surface area contributed by atoms with E-state index in [1.54, 1.807) is 4.57 Å². The maximum Gasteiger partial charge on any atom is 0.344 e. The standard InChI is InChI=1S/C10H15N3O3S/c1-6(5-8(14)16-2)17-10-12-11-9(15)13(10)7-3-4-7/h6-7H,3-5H2,1-2H3,(H,11,15). The third kappa shape index (κ3) is 2.91. The van der Waals surface area contributed by atoms with E-state index < -0.39 is 0 Å². The fraction of sp³-hybridized carbons (Fsp3) is 0.700. The number of nitrogens with one attached hydrogen (secondary N) is 1. The first kappa shape index (κ1) is 12.2. The fourth-order valence-corrected chi connectivity index (χ4v) is 2.59. The average molecular weight is 257 g/mol. The van der Waals surface area contributed by atoms with E-state index in [-0.39, 0.29) is 23.0 Å². The molecule has 1 heterocycles. The number of thioether (sulfide) groups is 1. The molecule has 1 fully saturated rings. The molecule has 6 nitrogen and oxygen atoms in total. The molecule has 0 saturated heterocycles. The lowest BCUT2D eigenvalue weighted by Crippen LogP contribution is -2.17. The molecule has 7 heteroatoms. The highest BCUT2D eigenvalue weighted by Gasteiger charge is 2.29. The van der Waals surface area contributed by atoms with E-state index in [0.717, 1.165) is 12.8 Å². The zero-order valence-corrected chi connectivity index (χ0v) is 10.6. The summed E-state index contributed by atoms with van der Waals surface area (Å²) in [5.74, 6) is -0.249. The number of aromatic nitrogens is 3. The van der Waals surface area contributed by atoms with Crippen LogP contribution in [0.25, 0.3) is 0 Å². The predicted octanol–water partition coefficient (Wildman–Crippen LogP) is 0.950. The molecule has 1 aliphatic carbocycles. The minimum atomic E-state index is -0.249. The van der Waals surface area contributed by atoms with E-state index in [1.165, 1.54) is 18.9 Å². The first-order valence-electron chi connectivity index (χ1n) is 5.52. The maximum absolute atomic E-state index is 11.5. The van der Waals surface area contributed by atoms with Crippen molar-refractivity contribution < 1.29 is 9.53 Å². The number of carbonyl (C=O) groups excluding carboxylic acids is 1. The van der Waals surface area contributed by atoms with Crippen LogP contribution in [0, 0.1) is 0 Å². The normalized spacial score (nSPS) is 16.8. The SMILES string of the molecule is COC(=O)CC(C)Sc1n[nH]c(=O)n1C1CC1. The first-order chi connectivity index (χ1) is 8.11. The van der Waals surface area contributed by atoms with Crippen LogP contribution >= 0.6 is 11.8 Å². The highest BCUT2D eigenvalue weighted by atomic mass is 32.2. The van der Waals surface area contributed by atoms with Gasteiger partial charge in [-0.2, -0.15) is 0 Å². The summed E-state index contributed by atoms with van der Waals surface area (Å²) in [4.78, 5) is 22.6. The summed E-state index contributed by atoms with van der Waals surface area (Å²) < 4.78 is 6.28. The summed E-state index contributed by atoms with van der Waals surface area (Å²) in [5.41, 5.74) is -0.166. The van der Waals surface area contributed by atoms with Crippen molar-refractivity contribution in [2.24, 2.45) is 0 Å². The summed E-state index contributed by atoms with van der Waals surface area (Å²) >= 11 is 1.42.